The van der Waals surface area contributed by atoms with Gasteiger partial charge in [0.15, 0.2) is 0 Å². The Balaban J connectivity index is 1.34. The largest absolute Gasteiger partial charge is 0.469 e. The Bertz CT molecular complexity index is 1600. The molecule has 0 aliphatic rings. The molecule has 0 spiro atoms. The predicted octanol–water partition coefficient (Wildman–Crippen LogP) is 5.95. The van der Waals surface area contributed by atoms with Gasteiger partial charge in [0, 0.05) is 36.3 Å². The number of imidazole rings is 1. The molecule has 0 atom stereocenters. The third-order valence-corrected chi connectivity index (χ3v) is 6.76. The number of ether oxygens (including phenoxy) is 1. The molecule has 8 nitrogen and oxygen atoms in total. The molecule has 198 valence electrons. The van der Waals surface area contributed by atoms with Crippen LogP contribution in [0.4, 0.5) is 5.95 Å². The molecule has 8 heteroatoms. The standard InChI is InChI=1S/C31H31N5O3/c1-35-28-17-16-23(19-25(28)20-32-35)22-10-9-11-24(18-22)30(38)34-31-33-26(12-5-3-8-15-29(37)39-2)21-36(31)27-13-6-4-7-14-27/h4,6-7,9-11,13-14,16-21H,3,5,8,12,15H2,1-2H3,(H,33,34,38). The van der Waals surface area contributed by atoms with Gasteiger partial charge in [-0.1, -0.05) is 42.8 Å². The Morgan fingerprint density at radius 2 is 1.74 bits per heavy atom. The summed E-state index contributed by atoms with van der Waals surface area (Å²) in [6, 6.07) is 23.6. The first-order valence-electron chi connectivity index (χ1n) is 13.1. The fraction of sp³-hybridized carbons (Fsp3) is 0.226. The van der Waals surface area contributed by atoms with Crippen LogP contribution in [0.25, 0.3) is 27.7 Å². The van der Waals surface area contributed by atoms with E-state index < -0.39 is 0 Å². The number of aryl methyl sites for hydroxylation is 2. The minimum absolute atomic E-state index is 0.185. The van der Waals surface area contributed by atoms with Crippen molar-refractivity contribution in [3.63, 3.8) is 0 Å². The highest BCUT2D eigenvalue weighted by Crippen LogP contribution is 2.26. The molecule has 2 aromatic heterocycles. The van der Waals surface area contributed by atoms with Gasteiger partial charge in [0.1, 0.15) is 0 Å². The highest BCUT2D eigenvalue weighted by atomic mass is 16.5. The van der Waals surface area contributed by atoms with Crippen LogP contribution in [0.2, 0.25) is 0 Å². The molecule has 0 unspecified atom stereocenters. The van der Waals surface area contributed by atoms with Crippen LogP contribution in [0.5, 0.6) is 0 Å². The zero-order valence-corrected chi connectivity index (χ0v) is 22.1. The van der Waals surface area contributed by atoms with Crippen molar-refractivity contribution in [3.05, 3.63) is 96.4 Å². The van der Waals surface area contributed by atoms with Crippen LogP contribution < -0.4 is 5.32 Å². The number of nitrogens with zero attached hydrogens (tertiary/aromatic N) is 4. The van der Waals surface area contributed by atoms with Crippen molar-refractivity contribution in [3.8, 4) is 16.8 Å². The van der Waals surface area contributed by atoms with Crippen LogP contribution in [0.1, 0.15) is 41.7 Å². The Hall–Kier alpha value is -4.72. The number of anilines is 1. The van der Waals surface area contributed by atoms with E-state index in [4.69, 9.17) is 9.72 Å². The molecule has 5 rings (SSSR count). The van der Waals surface area contributed by atoms with E-state index in [2.05, 4.69) is 16.5 Å². The molecule has 0 aliphatic carbocycles. The summed E-state index contributed by atoms with van der Waals surface area (Å²) >= 11 is 0. The quantitative estimate of drug-likeness (QED) is 0.181. The fourth-order valence-electron chi connectivity index (χ4n) is 4.63. The Labute approximate surface area is 227 Å². The van der Waals surface area contributed by atoms with E-state index in [1.54, 1.807) is 6.07 Å². The van der Waals surface area contributed by atoms with Gasteiger partial charge in [-0.25, -0.2) is 4.98 Å². The Morgan fingerprint density at radius 1 is 0.923 bits per heavy atom. The molecule has 5 aromatic rings. The molecule has 2 heterocycles. The number of para-hydroxylation sites is 1. The molecule has 0 fully saturated rings. The summed E-state index contributed by atoms with van der Waals surface area (Å²) in [5.74, 6) is 0.0553. The summed E-state index contributed by atoms with van der Waals surface area (Å²) in [7, 11) is 3.33. The minimum atomic E-state index is -0.230. The second kappa shape index (κ2) is 11.8. The topological polar surface area (TPSA) is 91.0 Å². The van der Waals surface area contributed by atoms with Crippen molar-refractivity contribution in [2.75, 3.05) is 12.4 Å². The second-order valence-corrected chi connectivity index (χ2v) is 9.47. The average molecular weight is 522 g/mol. The number of methoxy groups -OCH3 is 1. The molecular weight excluding hydrogens is 490 g/mol. The number of esters is 1. The average Bonchev–Trinajstić information content (AvgIpc) is 3.55. The zero-order valence-electron chi connectivity index (χ0n) is 22.1. The lowest BCUT2D eigenvalue weighted by molar-refractivity contribution is -0.140. The normalized spacial score (nSPS) is 11.0. The van der Waals surface area contributed by atoms with Crippen molar-refractivity contribution in [2.24, 2.45) is 7.05 Å². The molecule has 0 aliphatic heterocycles. The van der Waals surface area contributed by atoms with Crippen LogP contribution in [-0.4, -0.2) is 38.3 Å². The summed E-state index contributed by atoms with van der Waals surface area (Å²) in [4.78, 5) is 29.5. The van der Waals surface area contributed by atoms with Crippen molar-refractivity contribution >= 4 is 28.7 Å². The third kappa shape index (κ3) is 6.06. The molecule has 0 saturated heterocycles. The number of carbonyl (C=O) groups is 2. The van der Waals surface area contributed by atoms with Crippen LogP contribution in [0.15, 0.2) is 85.2 Å². The van der Waals surface area contributed by atoms with Crippen molar-refractivity contribution in [1.82, 2.24) is 19.3 Å². The van der Waals surface area contributed by atoms with E-state index in [1.807, 2.05) is 89.4 Å². The van der Waals surface area contributed by atoms with E-state index in [-0.39, 0.29) is 11.9 Å². The number of nitrogens with one attached hydrogen (secondary N) is 1. The van der Waals surface area contributed by atoms with E-state index >= 15 is 0 Å². The van der Waals surface area contributed by atoms with Gasteiger partial charge in [0.05, 0.1) is 24.5 Å². The van der Waals surface area contributed by atoms with Crippen molar-refractivity contribution in [2.45, 2.75) is 32.1 Å². The fourth-order valence-corrected chi connectivity index (χ4v) is 4.63. The van der Waals surface area contributed by atoms with E-state index in [0.717, 1.165) is 59.1 Å². The number of carbonyl (C=O) groups excluding carboxylic acids is 2. The zero-order chi connectivity index (χ0) is 27.2. The number of amides is 1. The first kappa shape index (κ1) is 25.9. The summed E-state index contributed by atoms with van der Waals surface area (Å²) in [6.45, 7) is 0. The first-order chi connectivity index (χ1) is 19.0. The molecule has 0 bridgehead atoms. The Kier molecular flexibility index (Phi) is 7.82. The molecular formula is C31H31N5O3. The first-order valence-corrected chi connectivity index (χ1v) is 13.1. The summed E-state index contributed by atoms with van der Waals surface area (Å²) < 4.78 is 8.46. The van der Waals surface area contributed by atoms with Crippen molar-refractivity contribution in [1.29, 1.82) is 0 Å². The molecule has 0 radical (unpaired) electrons. The van der Waals surface area contributed by atoms with Gasteiger partial charge in [-0.3, -0.25) is 24.2 Å². The molecule has 1 amide bonds. The number of aromatic nitrogens is 4. The summed E-state index contributed by atoms with van der Waals surface area (Å²) in [5, 5.41) is 8.39. The lowest BCUT2D eigenvalue weighted by Crippen LogP contribution is -2.15. The van der Waals surface area contributed by atoms with Gasteiger partial charge in [-0.2, -0.15) is 5.10 Å². The van der Waals surface area contributed by atoms with Crippen LogP contribution in [-0.2, 0) is 23.0 Å². The Morgan fingerprint density at radius 3 is 2.56 bits per heavy atom. The smallest absolute Gasteiger partial charge is 0.305 e. The van der Waals surface area contributed by atoms with Gasteiger partial charge < -0.3 is 4.74 Å². The highest BCUT2D eigenvalue weighted by Gasteiger charge is 2.15. The summed E-state index contributed by atoms with van der Waals surface area (Å²) in [5.41, 5.74) is 5.37. The lowest BCUT2D eigenvalue weighted by atomic mass is 10.0. The lowest BCUT2D eigenvalue weighted by Gasteiger charge is -2.10. The van der Waals surface area contributed by atoms with Crippen LogP contribution in [0, 0.1) is 0 Å². The van der Waals surface area contributed by atoms with E-state index in [1.165, 1.54) is 7.11 Å². The number of fused-ring (bicyclic) bond motifs is 1. The molecule has 1 N–H and O–H groups in total. The second-order valence-electron chi connectivity index (χ2n) is 9.47. The van der Waals surface area contributed by atoms with Crippen LogP contribution >= 0.6 is 0 Å². The number of rotatable bonds is 10. The van der Waals surface area contributed by atoms with Gasteiger partial charge in [-0.05, 0) is 66.8 Å². The monoisotopic (exact) mass is 521 g/mol. The number of hydrogen-bond donors (Lipinski definition) is 1. The van der Waals surface area contributed by atoms with Gasteiger partial charge in [-0.15, -0.1) is 0 Å². The highest BCUT2D eigenvalue weighted by molar-refractivity contribution is 6.04. The van der Waals surface area contributed by atoms with Crippen LogP contribution in [0.3, 0.4) is 0 Å². The number of benzene rings is 3. The SMILES string of the molecule is COC(=O)CCCCCc1cn(-c2ccccc2)c(NC(=O)c2cccc(-c3ccc4c(cnn4C)c3)c2)n1. The number of unbranched alkanes of at least 4 members (excludes halogenated alkanes) is 2. The minimum Gasteiger partial charge on any atom is -0.469 e. The molecule has 39 heavy (non-hydrogen) atoms. The number of hydrogen-bond acceptors (Lipinski definition) is 5. The predicted molar refractivity (Wildman–Crippen MR) is 152 cm³/mol. The maximum absolute atomic E-state index is 13.4. The van der Waals surface area contributed by atoms with E-state index in [0.29, 0.717) is 17.9 Å². The van der Waals surface area contributed by atoms with Crippen molar-refractivity contribution < 1.29 is 14.3 Å². The van der Waals surface area contributed by atoms with E-state index in [9.17, 15) is 9.59 Å². The summed E-state index contributed by atoms with van der Waals surface area (Å²) in [6.07, 6.45) is 7.54. The van der Waals surface area contributed by atoms with Gasteiger partial charge >= 0.3 is 5.97 Å². The van der Waals surface area contributed by atoms with Gasteiger partial charge in [0.25, 0.3) is 5.91 Å². The third-order valence-electron chi connectivity index (χ3n) is 6.76. The maximum atomic E-state index is 13.4. The molecule has 3 aromatic carbocycles. The molecule has 0 saturated carbocycles. The maximum Gasteiger partial charge on any atom is 0.305 e. The van der Waals surface area contributed by atoms with Gasteiger partial charge in [0.2, 0.25) is 5.95 Å².